The maximum atomic E-state index is 12.0. The number of nitrogens with one attached hydrogen (secondary N) is 1. The quantitative estimate of drug-likeness (QED) is 0.666. The van der Waals surface area contributed by atoms with Gasteiger partial charge in [0.1, 0.15) is 0 Å². The third-order valence-corrected chi connectivity index (χ3v) is 2.66. The predicted octanol–water partition coefficient (Wildman–Crippen LogP) is 1.40. The van der Waals surface area contributed by atoms with Crippen LogP contribution in [0.5, 0.6) is 0 Å². The van der Waals surface area contributed by atoms with Gasteiger partial charge in [-0.1, -0.05) is 13.3 Å². The minimum Gasteiger partial charge on any atom is -0.399 e. The zero-order valence-electron chi connectivity index (χ0n) is 10.9. The van der Waals surface area contributed by atoms with Crippen molar-refractivity contribution in [1.29, 1.82) is 0 Å². The lowest BCUT2D eigenvalue weighted by Crippen LogP contribution is -2.38. The Morgan fingerprint density at radius 3 is 2.72 bits per heavy atom. The number of benzene rings is 1. The van der Waals surface area contributed by atoms with Gasteiger partial charge in [0.2, 0.25) is 0 Å². The van der Waals surface area contributed by atoms with Crippen LogP contribution in [0.1, 0.15) is 30.1 Å². The molecule has 100 valence electrons. The van der Waals surface area contributed by atoms with Crippen LogP contribution in [0, 0.1) is 0 Å². The molecule has 0 heterocycles. The van der Waals surface area contributed by atoms with E-state index in [1.54, 1.807) is 25.3 Å². The van der Waals surface area contributed by atoms with E-state index in [9.17, 15) is 4.79 Å². The molecule has 1 amide bonds. The first-order valence-corrected chi connectivity index (χ1v) is 6.03. The fraction of sp³-hybridized carbons (Fsp3) is 0.462. The molecule has 0 radical (unpaired) electrons. The Labute approximate surface area is 107 Å². The zero-order chi connectivity index (χ0) is 13.5. The van der Waals surface area contributed by atoms with Crippen LogP contribution in [-0.4, -0.2) is 25.7 Å². The zero-order valence-corrected chi connectivity index (χ0v) is 10.9. The van der Waals surface area contributed by atoms with E-state index in [2.05, 4.69) is 12.2 Å². The van der Waals surface area contributed by atoms with Crippen molar-refractivity contribution in [2.45, 2.75) is 25.8 Å². The smallest absolute Gasteiger partial charge is 0.253 e. The highest BCUT2D eigenvalue weighted by atomic mass is 16.5. The van der Waals surface area contributed by atoms with Crippen LogP contribution in [0.25, 0.3) is 0 Å². The van der Waals surface area contributed by atoms with Gasteiger partial charge in [-0.2, -0.15) is 0 Å². The molecular weight excluding hydrogens is 230 g/mol. The summed E-state index contributed by atoms with van der Waals surface area (Å²) in [5, 5.41) is 2.91. The summed E-state index contributed by atoms with van der Waals surface area (Å²) in [4.78, 5) is 12.0. The lowest BCUT2D eigenvalue weighted by molar-refractivity contribution is 0.0892. The number of nitrogen functional groups attached to an aromatic ring is 2. The Bertz CT molecular complexity index is 401. The second-order valence-electron chi connectivity index (χ2n) is 4.26. The summed E-state index contributed by atoms with van der Waals surface area (Å²) < 4.78 is 5.08. The van der Waals surface area contributed by atoms with Crippen LogP contribution >= 0.6 is 0 Å². The molecule has 0 saturated heterocycles. The van der Waals surface area contributed by atoms with E-state index in [1.807, 2.05) is 0 Å². The van der Waals surface area contributed by atoms with Crippen molar-refractivity contribution in [3.63, 3.8) is 0 Å². The van der Waals surface area contributed by atoms with Gasteiger partial charge in [-0.15, -0.1) is 0 Å². The Hall–Kier alpha value is -1.75. The number of ether oxygens (including phenoxy) is 1. The topological polar surface area (TPSA) is 90.4 Å². The number of hydrogen-bond donors (Lipinski definition) is 3. The average molecular weight is 251 g/mol. The van der Waals surface area contributed by atoms with Gasteiger partial charge in [0.15, 0.2) is 0 Å². The van der Waals surface area contributed by atoms with Gasteiger partial charge in [0, 0.05) is 18.5 Å². The van der Waals surface area contributed by atoms with Gasteiger partial charge in [-0.3, -0.25) is 4.79 Å². The number of hydrogen-bond acceptors (Lipinski definition) is 4. The summed E-state index contributed by atoms with van der Waals surface area (Å²) in [6, 6.07) is 4.89. The molecule has 0 aliphatic carbocycles. The summed E-state index contributed by atoms with van der Waals surface area (Å²) in [5.74, 6) is -0.192. The normalized spacial score (nSPS) is 12.1. The maximum absolute atomic E-state index is 12.0. The van der Waals surface area contributed by atoms with Gasteiger partial charge in [0.05, 0.1) is 18.2 Å². The third-order valence-electron chi connectivity index (χ3n) is 2.66. The maximum Gasteiger partial charge on any atom is 0.253 e. The Kier molecular flexibility index (Phi) is 5.45. The van der Waals surface area contributed by atoms with E-state index >= 15 is 0 Å². The van der Waals surface area contributed by atoms with Crippen LogP contribution in [-0.2, 0) is 4.74 Å². The predicted molar refractivity (Wildman–Crippen MR) is 73.3 cm³/mol. The van der Waals surface area contributed by atoms with Crippen molar-refractivity contribution in [1.82, 2.24) is 5.32 Å². The summed E-state index contributed by atoms with van der Waals surface area (Å²) in [5.41, 5.74) is 12.7. The molecule has 18 heavy (non-hydrogen) atoms. The number of anilines is 2. The van der Waals surface area contributed by atoms with Crippen LogP contribution in [0.2, 0.25) is 0 Å². The first kappa shape index (κ1) is 14.3. The van der Waals surface area contributed by atoms with Gasteiger partial charge in [-0.25, -0.2) is 0 Å². The molecule has 0 aliphatic heterocycles. The molecule has 0 spiro atoms. The van der Waals surface area contributed by atoms with E-state index in [0.29, 0.717) is 23.5 Å². The van der Waals surface area contributed by atoms with Crippen molar-refractivity contribution in [2.75, 3.05) is 25.2 Å². The monoisotopic (exact) mass is 251 g/mol. The van der Waals surface area contributed by atoms with Gasteiger partial charge in [-0.05, 0) is 24.6 Å². The van der Waals surface area contributed by atoms with Crippen molar-refractivity contribution in [2.24, 2.45) is 0 Å². The summed E-state index contributed by atoms with van der Waals surface area (Å²) in [6.45, 7) is 2.56. The van der Waals surface area contributed by atoms with E-state index in [-0.39, 0.29) is 11.9 Å². The summed E-state index contributed by atoms with van der Waals surface area (Å²) in [6.07, 6.45) is 1.85. The molecule has 5 nitrogen and oxygen atoms in total. The van der Waals surface area contributed by atoms with E-state index in [0.717, 1.165) is 12.8 Å². The number of amides is 1. The molecule has 0 saturated carbocycles. The number of carbonyl (C=O) groups is 1. The number of carbonyl (C=O) groups excluding carboxylic acids is 1. The highest BCUT2D eigenvalue weighted by molar-refractivity contribution is 5.99. The number of rotatable bonds is 6. The lowest BCUT2D eigenvalue weighted by atomic mass is 10.1. The van der Waals surface area contributed by atoms with Crippen LogP contribution in [0.4, 0.5) is 11.4 Å². The first-order chi connectivity index (χ1) is 8.58. The van der Waals surface area contributed by atoms with Crippen molar-refractivity contribution < 1.29 is 9.53 Å². The lowest BCUT2D eigenvalue weighted by Gasteiger charge is -2.17. The molecule has 1 aromatic rings. The molecule has 1 rings (SSSR count). The summed E-state index contributed by atoms with van der Waals surface area (Å²) >= 11 is 0. The molecule has 1 unspecified atom stereocenters. The van der Waals surface area contributed by atoms with Crippen molar-refractivity contribution in [3.8, 4) is 0 Å². The summed E-state index contributed by atoms with van der Waals surface area (Å²) in [7, 11) is 1.62. The molecular formula is C13H21N3O2. The molecule has 1 atom stereocenters. The standard InChI is InChI=1S/C13H21N3O2/c1-3-4-10(8-18-2)16-13(17)11-6-5-9(14)7-12(11)15/h5-7,10H,3-4,8,14-15H2,1-2H3,(H,16,17). The van der Waals surface area contributed by atoms with E-state index < -0.39 is 0 Å². The Balaban J connectivity index is 2.73. The van der Waals surface area contributed by atoms with Crippen molar-refractivity contribution >= 4 is 17.3 Å². The molecule has 0 aromatic heterocycles. The highest BCUT2D eigenvalue weighted by Crippen LogP contribution is 2.15. The largest absolute Gasteiger partial charge is 0.399 e. The molecule has 0 aliphatic rings. The second kappa shape index (κ2) is 6.86. The van der Waals surface area contributed by atoms with Crippen LogP contribution in [0.3, 0.4) is 0 Å². The van der Waals surface area contributed by atoms with Gasteiger partial charge < -0.3 is 21.5 Å². The fourth-order valence-electron chi connectivity index (χ4n) is 1.80. The third kappa shape index (κ3) is 3.92. The number of methoxy groups -OCH3 is 1. The minimum atomic E-state index is -0.192. The van der Waals surface area contributed by atoms with Gasteiger partial charge >= 0.3 is 0 Å². The molecule has 1 aromatic carbocycles. The fourth-order valence-corrected chi connectivity index (χ4v) is 1.80. The molecule has 5 N–H and O–H groups in total. The SMILES string of the molecule is CCCC(COC)NC(=O)c1ccc(N)cc1N. The number of nitrogens with two attached hydrogens (primary N) is 2. The van der Waals surface area contributed by atoms with Crippen LogP contribution < -0.4 is 16.8 Å². The molecule has 0 bridgehead atoms. The minimum absolute atomic E-state index is 0.00412. The average Bonchev–Trinajstić information content (AvgIpc) is 2.29. The van der Waals surface area contributed by atoms with E-state index in [4.69, 9.17) is 16.2 Å². The Morgan fingerprint density at radius 1 is 1.44 bits per heavy atom. The molecule has 0 fully saturated rings. The molecule has 5 heteroatoms. The second-order valence-corrected chi connectivity index (χ2v) is 4.26. The van der Waals surface area contributed by atoms with Crippen LogP contribution in [0.15, 0.2) is 18.2 Å². The van der Waals surface area contributed by atoms with E-state index in [1.165, 1.54) is 0 Å². The highest BCUT2D eigenvalue weighted by Gasteiger charge is 2.15. The van der Waals surface area contributed by atoms with Crippen molar-refractivity contribution in [3.05, 3.63) is 23.8 Å². The Morgan fingerprint density at radius 2 is 2.17 bits per heavy atom. The first-order valence-electron chi connectivity index (χ1n) is 6.03. The van der Waals surface area contributed by atoms with Gasteiger partial charge in [0.25, 0.3) is 5.91 Å².